The Hall–Kier alpha value is 0.320. The summed E-state index contributed by atoms with van der Waals surface area (Å²) in [6, 6.07) is 0.205. The lowest BCUT2D eigenvalue weighted by molar-refractivity contribution is 0.183. The number of allylic oxidation sites excluding steroid dienone is 1. The first-order valence-electron chi connectivity index (χ1n) is 5.76. The summed E-state index contributed by atoms with van der Waals surface area (Å²) in [5, 5.41) is 3.98. The third-order valence-corrected chi connectivity index (χ3v) is 5.21. The number of alkyl halides is 1. The Morgan fingerprint density at radius 3 is 2.82 bits per heavy atom. The number of piperidine rings is 1. The van der Waals surface area contributed by atoms with Crippen molar-refractivity contribution in [3.63, 3.8) is 0 Å². The van der Waals surface area contributed by atoms with E-state index in [4.69, 9.17) is 11.6 Å². The molecule has 1 atom stereocenters. The molecule has 2 rings (SSSR count). The molecular weight excluding hydrogens is 274 g/mol. The first-order valence-corrected chi connectivity index (χ1v) is 7.73. The van der Waals surface area contributed by atoms with Gasteiger partial charge in [0.05, 0.1) is 17.0 Å². The topological polar surface area (TPSA) is 36.4 Å². The first kappa shape index (κ1) is 13.7. The van der Waals surface area contributed by atoms with Gasteiger partial charge in [0.2, 0.25) is 0 Å². The Bertz CT molecular complexity index is 327. The number of hydrogen-bond donors (Lipinski definition) is 3. The first-order chi connectivity index (χ1) is 8.27. The zero-order valence-electron chi connectivity index (χ0n) is 9.71. The molecule has 96 valence electrons. The van der Waals surface area contributed by atoms with Gasteiger partial charge >= 0.3 is 0 Å². The highest BCUT2D eigenvalue weighted by Gasteiger charge is 2.47. The molecule has 1 unspecified atom stereocenters. The summed E-state index contributed by atoms with van der Waals surface area (Å²) in [7, 11) is 0. The van der Waals surface area contributed by atoms with Crippen molar-refractivity contribution in [2.75, 3.05) is 18.3 Å². The van der Waals surface area contributed by atoms with E-state index in [1.807, 2.05) is 0 Å². The van der Waals surface area contributed by atoms with Gasteiger partial charge in [-0.05, 0) is 44.5 Å². The summed E-state index contributed by atoms with van der Waals surface area (Å²) in [5.41, 5.74) is 1.30. The van der Waals surface area contributed by atoms with Gasteiger partial charge in [0.15, 0.2) is 0 Å². The Labute approximate surface area is 117 Å². The molecule has 1 spiro atoms. The SMILES string of the molecule is C=NC1=C(SCCl)CC2(CCNCC2)C1NS. The molecule has 0 aromatic heterocycles. The van der Waals surface area contributed by atoms with Crippen LogP contribution in [0.2, 0.25) is 0 Å². The average molecular weight is 292 g/mol. The number of nitrogens with zero attached hydrogens (tertiary/aromatic N) is 1. The maximum atomic E-state index is 5.84. The largest absolute Gasteiger partial charge is 0.317 e. The predicted octanol–water partition coefficient (Wildman–Crippen LogP) is 2.40. The normalized spacial score (nSPS) is 27.8. The van der Waals surface area contributed by atoms with Crippen molar-refractivity contribution in [2.24, 2.45) is 10.4 Å². The Morgan fingerprint density at radius 1 is 1.59 bits per heavy atom. The lowest BCUT2D eigenvalue weighted by Gasteiger charge is -2.39. The number of hydrogen-bond acceptors (Lipinski definition) is 5. The summed E-state index contributed by atoms with van der Waals surface area (Å²) in [5.74, 6) is 0. The minimum atomic E-state index is 0.205. The van der Waals surface area contributed by atoms with E-state index in [-0.39, 0.29) is 11.5 Å². The molecule has 1 heterocycles. The van der Waals surface area contributed by atoms with Crippen molar-refractivity contribution in [3.8, 4) is 0 Å². The minimum Gasteiger partial charge on any atom is -0.317 e. The van der Waals surface area contributed by atoms with E-state index in [2.05, 4.69) is 34.6 Å². The van der Waals surface area contributed by atoms with Crippen LogP contribution in [0.25, 0.3) is 0 Å². The van der Waals surface area contributed by atoms with Crippen LogP contribution in [-0.4, -0.2) is 31.1 Å². The van der Waals surface area contributed by atoms with Gasteiger partial charge < -0.3 is 5.32 Å². The number of aliphatic imine (C=N–C) groups is 1. The van der Waals surface area contributed by atoms with Crippen molar-refractivity contribution in [1.82, 2.24) is 10.0 Å². The molecule has 17 heavy (non-hydrogen) atoms. The molecule has 1 aliphatic carbocycles. The second-order valence-corrected chi connectivity index (χ2v) is 6.48. The Balaban J connectivity index is 2.25. The average Bonchev–Trinajstić information content (AvgIpc) is 2.63. The van der Waals surface area contributed by atoms with E-state index >= 15 is 0 Å². The van der Waals surface area contributed by atoms with E-state index in [0.717, 1.165) is 38.0 Å². The van der Waals surface area contributed by atoms with Crippen LogP contribution in [0.15, 0.2) is 15.6 Å². The van der Waals surface area contributed by atoms with Crippen LogP contribution in [0.5, 0.6) is 0 Å². The van der Waals surface area contributed by atoms with Crippen LogP contribution < -0.4 is 10.0 Å². The van der Waals surface area contributed by atoms with Gasteiger partial charge in [0.25, 0.3) is 0 Å². The Morgan fingerprint density at radius 2 is 2.29 bits per heavy atom. The fourth-order valence-corrected chi connectivity index (χ4v) is 4.56. The maximum absolute atomic E-state index is 5.84. The van der Waals surface area contributed by atoms with Gasteiger partial charge in [-0.25, -0.2) is 0 Å². The van der Waals surface area contributed by atoms with E-state index < -0.39 is 0 Å². The van der Waals surface area contributed by atoms with Crippen LogP contribution in [-0.2, 0) is 0 Å². The number of thioether (sulfide) groups is 1. The fraction of sp³-hybridized carbons (Fsp3) is 0.727. The fourth-order valence-electron chi connectivity index (χ4n) is 2.92. The van der Waals surface area contributed by atoms with E-state index in [1.165, 1.54) is 4.91 Å². The molecule has 0 saturated carbocycles. The van der Waals surface area contributed by atoms with Crippen molar-refractivity contribution >= 4 is 42.9 Å². The zero-order valence-corrected chi connectivity index (χ0v) is 12.2. The van der Waals surface area contributed by atoms with Crippen LogP contribution in [0.4, 0.5) is 0 Å². The second kappa shape index (κ2) is 5.97. The quantitative estimate of drug-likeness (QED) is 0.423. The van der Waals surface area contributed by atoms with Crippen LogP contribution >= 0.6 is 36.2 Å². The number of nitrogens with one attached hydrogen (secondary N) is 2. The van der Waals surface area contributed by atoms with Crippen LogP contribution in [0.1, 0.15) is 19.3 Å². The molecule has 2 N–H and O–H groups in total. The molecule has 3 nitrogen and oxygen atoms in total. The zero-order chi connectivity index (χ0) is 12.3. The van der Waals surface area contributed by atoms with Crippen molar-refractivity contribution < 1.29 is 0 Å². The minimum absolute atomic E-state index is 0.205. The van der Waals surface area contributed by atoms with Crippen molar-refractivity contribution in [2.45, 2.75) is 25.3 Å². The third-order valence-electron chi connectivity index (χ3n) is 3.81. The third kappa shape index (κ3) is 2.54. The van der Waals surface area contributed by atoms with Crippen molar-refractivity contribution in [1.29, 1.82) is 0 Å². The van der Waals surface area contributed by atoms with Crippen LogP contribution in [0, 0.1) is 5.41 Å². The standard InChI is InChI=1S/C11H18ClN3S2/c1-13-9-8(17-7-12)6-11(10(9)15-16)2-4-14-5-3-11/h10,14-16H,1-7H2. The molecule has 0 aromatic carbocycles. The highest BCUT2D eigenvalue weighted by Crippen LogP contribution is 2.51. The van der Waals surface area contributed by atoms with Crippen molar-refractivity contribution in [3.05, 3.63) is 10.6 Å². The summed E-state index contributed by atoms with van der Waals surface area (Å²) in [6.45, 7) is 5.83. The maximum Gasteiger partial charge on any atom is 0.0724 e. The molecule has 1 aliphatic heterocycles. The summed E-state index contributed by atoms with van der Waals surface area (Å²) in [4.78, 5) is 5.49. The molecule has 1 saturated heterocycles. The number of thiol groups is 1. The lowest BCUT2D eigenvalue weighted by Crippen LogP contribution is -2.46. The van der Waals surface area contributed by atoms with E-state index in [0.29, 0.717) is 5.21 Å². The van der Waals surface area contributed by atoms with Gasteiger partial charge in [-0.3, -0.25) is 9.71 Å². The molecule has 6 heteroatoms. The molecule has 0 bridgehead atoms. The summed E-state index contributed by atoms with van der Waals surface area (Å²) < 4.78 is 3.13. The summed E-state index contributed by atoms with van der Waals surface area (Å²) in [6.07, 6.45) is 3.35. The lowest BCUT2D eigenvalue weighted by atomic mass is 9.74. The highest BCUT2D eigenvalue weighted by molar-refractivity contribution is 8.04. The monoisotopic (exact) mass is 291 g/mol. The van der Waals surface area contributed by atoms with Gasteiger partial charge in [-0.15, -0.1) is 23.4 Å². The molecular formula is C11H18ClN3S2. The highest BCUT2D eigenvalue weighted by atomic mass is 35.5. The number of halogens is 1. The van der Waals surface area contributed by atoms with E-state index in [9.17, 15) is 0 Å². The van der Waals surface area contributed by atoms with Gasteiger partial charge in [0, 0.05) is 4.91 Å². The van der Waals surface area contributed by atoms with Crippen LogP contribution in [0.3, 0.4) is 0 Å². The smallest absolute Gasteiger partial charge is 0.0724 e. The molecule has 0 aromatic rings. The molecule has 1 fully saturated rings. The van der Waals surface area contributed by atoms with Gasteiger partial charge in [0.1, 0.15) is 0 Å². The number of rotatable bonds is 4. The molecule has 0 amide bonds. The predicted molar refractivity (Wildman–Crippen MR) is 79.9 cm³/mol. The molecule has 2 aliphatic rings. The van der Waals surface area contributed by atoms with Gasteiger partial charge in [-0.1, -0.05) is 12.8 Å². The second-order valence-electron chi connectivity index (χ2n) is 4.57. The van der Waals surface area contributed by atoms with Gasteiger partial charge in [-0.2, -0.15) is 0 Å². The van der Waals surface area contributed by atoms with E-state index in [1.54, 1.807) is 11.8 Å². The Kier molecular flexibility index (Phi) is 4.83. The molecule has 0 radical (unpaired) electrons. The summed E-state index contributed by atoms with van der Waals surface area (Å²) >= 11 is 11.8.